The van der Waals surface area contributed by atoms with Crippen LogP contribution in [0.2, 0.25) is 0 Å². The fraction of sp³-hybridized carbons (Fsp3) is 0.333. The van der Waals surface area contributed by atoms with Crippen LogP contribution in [0.4, 0.5) is 5.69 Å². The zero-order valence-corrected chi connectivity index (χ0v) is 13.5. The topological polar surface area (TPSA) is 80.4 Å². The van der Waals surface area contributed by atoms with Crippen molar-refractivity contribution in [2.75, 3.05) is 5.32 Å². The van der Waals surface area contributed by atoms with Gasteiger partial charge in [-0.2, -0.15) is 0 Å². The number of amides is 1. The van der Waals surface area contributed by atoms with E-state index in [1.807, 2.05) is 13.8 Å². The Morgan fingerprint density at radius 2 is 1.92 bits per heavy atom. The first kappa shape index (κ1) is 14.8. The van der Waals surface area contributed by atoms with Gasteiger partial charge in [-0.1, -0.05) is 0 Å². The first-order valence-electron chi connectivity index (χ1n) is 7.97. The highest BCUT2D eigenvalue weighted by Crippen LogP contribution is 2.41. The van der Waals surface area contributed by atoms with Gasteiger partial charge < -0.3 is 19.8 Å². The minimum atomic E-state index is -0.711. The molecule has 2 aromatic rings. The Kier molecular flexibility index (Phi) is 3.16. The number of hydrogen-bond donors (Lipinski definition) is 2. The van der Waals surface area contributed by atoms with Crippen molar-refractivity contribution in [2.24, 2.45) is 0 Å². The summed E-state index contributed by atoms with van der Waals surface area (Å²) in [6, 6.07) is 8.29. The zero-order valence-electron chi connectivity index (χ0n) is 13.5. The minimum absolute atomic E-state index is 0.253. The molecule has 6 heteroatoms. The molecule has 1 amide bonds. The van der Waals surface area contributed by atoms with Gasteiger partial charge in [-0.3, -0.25) is 9.59 Å². The molecule has 0 unspecified atom stereocenters. The summed E-state index contributed by atoms with van der Waals surface area (Å²) in [5.41, 5.74) is 1.53. The molecule has 4 rings (SSSR count). The van der Waals surface area contributed by atoms with E-state index in [4.69, 9.17) is 9.47 Å². The van der Waals surface area contributed by atoms with Gasteiger partial charge in [0, 0.05) is 42.9 Å². The number of carbonyl (C=O) groups is 1. The van der Waals surface area contributed by atoms with Crippen molar-refractivity contribution >= 4 is 11.6 Å². The van der Waals surface area contributed by atoms with E-state index in [2.05, 4.69) is 10.3 Å². The van der Waals surface area contributed by atoms with Crippen LogP contribution in [0.5, 0.6) is 11.5 Å². The molecule has 1 aliphatic heterocycles. The van der Waals surface area contributed by atoms with E-state index in [-0.39, 0.29) is 11.5 Å². The molecule has 6 nitrogen and oxygen atoms in total. The number of nitrogens with one attached hydrogen (secondary N) is 2. The number of benzene rings is 1. The molecule has 0 spiro atoms. The molecule has 0 atom stereocenters. The van der Waals surface area contributed by atoms with E-state index < -0.39 is 5.79 Å². The highest BCUT2D eigenvalue weighted by atomic mass is 16.7. The molecule has 0 bridgehead atoms. The van der Waals surface area contributed by atoms with E-state index in [0.717, 1.165) is 18.5 Å². The number of aromatic amines is 1. The maximum absolute atomic E-state index is 12.5. The number of pyridine rings is 1. The number of aromatic nitrogens is 1. The number of carbonyl (C=O) groups excluding carboxylic acids is 1. The van der Waals surface area contributed by atoms with Gasteiger partial charge in [0.1, 0.15) is 0 Å². The van der Waals surface area contributed by atoms with Crippen molar-refractivity contribution in [3.63, 3.8) is 0 Å². The van der Waals surface area contributed by atoms with Crippen LogP contribution in [-0.4, -0.2) is 16.7 Å². The van der Waals surface area contributed by atoms with Crippen molar-refractivity contribution in [2.45, 2.75) is 38.4 Å². The van der Waals surface area contributed by atoms with Gasteiger partial charge in [0.25, 0.3) is 5.91 Å². The summed E-state index contributed by atoms with van der Waals surface area (Å²) in [7, 11) is 0. The van der Waals surface area contributed by atoms with Crippen LogP contribution in [0.3, 0.4) is 0 Å². The summed E-state index contributed by atoms with van der Waals surface area (Å²) in [6.07, 6.45) is 2.11. The van der Waals surface area contributed by atoms with Gasteiger partial charge in [-0.25, -0.2) is 0 Å². The van der Waals surface area contributed by atoms with Gasteiger partial charge >= 0.3 is 0 Å². The van der Waals surface area contributed by atoms with Crippen molar-refractivity contribution < 1.29 is 14.3 Å². The molecule has 1 saturated carbocycles. The Morgan fingerprint density at radius 1 is 1.17 bits per heavy atom. The standard InChI is InChI=1S/C18H18N2O4/c1-18(2)23-14-6-5-12(9-15(14)24-18)19-17(22)11-7-13(10-3-4-10)20-16(21)8-11/h5-10H,3-4H2,1-2H3,(H,19,22)(H,20,21). The average molecular weight is 326 g/mol. The third kappa shape index (κ3) is 2.87. The van der Waals surface area contributed by atoms with Crippen LogP contribution in [0, 0.1) is 0 Å². The number of hydrogen-bond acceptors (Lipinski definition) is 4. The van der Waals surface area contributed by atoms with Crippen LogP contribution < -0.4 is 20.3 Å². The van der Waals surface area contributed by atoms with Gasteiger partial charge in [-0.15, -0.1) is 0 Å². The maximum Gasteiger partial charge on any atom is 0.255 e. The lowest BCUT2D eigenvalue weighted by Gasteiger charge is -2.16. The molecule has 2 N–H and O–H groups in total. The normalized spacial score (nSPS) is 17.6. The molecule has 0 radical (unpaired) electrons. The lowest BCUT2D eigenvalue weighted by atomic mass is 10.1. The Bertz CT molecular complexity index is 881. The molecule has 2 heterocycles. The molecular formula is C18H18N2O4. The van der Waals surface area contributed by atoms with Gasteiger partial charge in [0.05, 0.1) is 0 Å². The maximum atomic E-state index is 12.5. The average Bonchev–Trinajstić information content (AvgIpc) is 3.29. The molecular weight excluding hydrogens is 308 g/mol. The number of fused-ring (bicyclic) bond motifs is 1. The predicted molar refractivity (Wildman–Crippen MR) is 88.8 cm³/mol. The Labute approximate surface area is 138 Å². The van der Waals surface area contributed by atoms with E-state index in [1.165, 1.54) is 6.07 Å². The van der Waals surface area contributed by atoms with Crippen LogP contribution >= 0.6 is 0 Å². The van der Waals surface area contributed by atoms with Crippen molar-refractivity contribution in [1.29, 1.82) is 0 Å². The second-order valence-electron chi connectivity index (χ2n) is 6.68. The van der Waals surface area contributed by atoms with Crippen LogP contribution in [0.15, 0.2) is 35.1 Å². The Morgan fingerprint density at radius 3 is 2.67 bits per heavy atom. The number of H-pyrrole nitrogens is 1. The molecule has 124 valence electrons. The van der Waals surface area contributed by atoms with Gasteiger partial charge in [0.15, 0.2) is 11.5 Å². The third-order valence-corrected chi connectivity index (χ3v) is 4.06. The summed E-state index contributed by atoms with van der Waals surface area (Å²) >= 11 is 0. The summed E-state index contributed by atoms with van der Waals surface area (Å²) in [6.45, 7) is 3.64. The SMILES string of the molecule is CC1(C)Oc2ccc(NC(=O)c3cc(C4CC4)[nH]c(=O)c3)cc2O1. The molecule has 1 aliphatic carbocycles. The lowest BCUT2D eigenvalue weighted by Crippen LogP contribution is -2.29. The van der Waals surface area contributed by atoms with E-state index in [0.29, 0.717) is 28.7 Å². The van der Waals surface area contributed by atoms with Gasteiger partial charge in [-0.05, 0) is 37.0 Å². The summed E-state index contributed by atoms with van der Waals surface area (Å²) in [5, 5.41) is 2.80. The molecule has 1 aromatic carbocycles. The second kappa shape index (κ2) is 5.12. The smallest absolute Gasteiger partial charge is 0.255 e. The molecule has 1 aromatic heterocycles. The summed E-state index contributed by atoms with van der Waals surface area (Å²) in [4.78, 5) is 27.0. The largest absolute Gasteiger partial charge is 0.449 e. The summed E-state index contributed by atoms with van der Waals surface area (Å²) < 4.78 is 11.3. The first-order valence-corrected chi connectivity index (χ1v) is 7.97. The molecule has 2 aliphatic rings. The fourth-order valence-electron chi connectivity index (χ4n) is 2.81. The quantitative estimate of drug-likeness (QED) is 0.908. The highest BCUT2D eigenvalue weighted by molar-refractivity contribution is 6.04. The number of anilines is 1. The predicted octanol–water partition coefficient (Wildman–Crippen LogP) is 3.01. The van der Waals surface area contributed by atoms with Gasteiger partial charge in [0.2, 0.25) is 11.3 Å². The summed E-state index contributed by atoms with van der Waals surface area (Å²) in [5.74, 6) is 0.573. The highest BCUT2D eigenvalue weighted by Gasteiger charge is 2.31. The second-order valence-corrected chi connectivity index (χ2v) is 6.68. The number of rotatable bonds is 3. The Hall–Kier alpha value is -2.76. The zero-order chi connectivity index (χ0) is 16.9. The minimum Gasteiger partial charge on any atom is -0.449 e. The number of ether oxygens (including phenoxy) is 2. The van der Waals surface area contributed by atoms with Crippen molar-refractivity contribution in [1.82, 2.24) is 4.98 Å². The van der Waals surface area contributed by atoms with E-state index >= 15 is 0 Å². The third-order valence-electron chi connectivity index (χ3n) is 4.06. The molecule has 24 heavy (non-hydrogen) atoms. The van der Waals surface area contributed by atoms with E-state index in [1.54, 1.807) is 24.3 Å². The molecule has 0 saturated heterocycles. The first-order chi connectivity index (χ1) is 11.4. The van der Waals surface area contributed by atoms with Crippen molar-refractivity contribution in [3.05, 3.63) is 51.9 Å². The fourth-order valence-corrected chi connectivity index (χ4v) is 2.81. The van der Waals surface area contributed by atoms with Crippen LogP contribution in [-0.2, 0) is 0 Å². The lowest BCUT2D eigenvalue weighted by molar-refractivity contribution is -0.0431. The van der Waals surface area contributed by atoms with Crippen LogP contribution in [0.1, 0.15) is 48.7 Å². The van der Waals surface area contributed by atoms with Crippen LogP contribution in [0.25, 0.3) is 0 Å². The Balaban J connectivity index is 1.56. The molecule has 1 fully saturated rings. The van der Waals surface area contributed by atoms with E-state index in [9.17, 15) is 9.59 Å². The van der Waals surface area contributed by atoms with Crippen molar-refractivity contribution in [3.8, 4) is 11.5 Å². The monoisotopic (exact) mass is 326 g/mol.